The molecular formula is C28H39GeZr. The molecule has 0 nitrogen and oxygen atoms in total. The summed E-state index contributed by atoms with van der Waals surface area (Å²) in [5.74, 6) is 5.47. The summed E-state index contributed by atoms with van der Waals surface area (Å²) < 4.78 is 7.20. The van der Waals surface area contributed by atoms with Gasteiger partial charge >= 0.3 is 188 Å². The van der Waals surface area contributed by atoms with Crippen LogP contribution in [0.15, 0.2) is 59.7 Å². The van der Waals surface area contributed by atoms with Gasteiger partial charge in [-0.1, -0.05) is 0 Å². The summed E-state index contributed by atoms with van der Waals surface area (Å²) in [6.07, 6.45) is 2.32. The first-order chi connectivity index (χ1) is 14.2. The molecule has 0 aromatic heterocycles. The van der Waals surface area contributed by atoms with Gasteiger partial charge in [0.25, 0.3) is 0 Å². The molecule has 30 heavy (non-hydrogen) atoms. The van der Waals surface area contributed by atoms with E-state index in [0.717, 1.165) is 12.8 Å². The Hall–Kier alpha value is -0.654. The first-order valence-electron chi connectivity index (χ1n) is 12.0. The summed E-state index contributed by atoms with van der Waals surface area (Å²) in [4.78, 5) is 0. The molecule has 0 spiro atoms. The topological polar surface area (TPSA) is 0 Å². The van der Waals surface area contributed by atoms with E-state index in [0.29, 0.717) is 7.25 Å². The van der Waals surface area contributed by atoms with E-state index < -0.39 is 26.8 Å². The zero-order chi connectivity index (χ0) is 21.9. The molecule has 0 N–H and O–H groups in total. The minimum absolute atomic E-state index is 0.710. The van der Waals surface area contributed by atoms with E-state index in [2.05, 4.69) is 97.0 Å². The molecule has 2 heteroatoms. The van der Waals surface area contributed by atoms with E-state index in [1.807, 2.05) is 0 Å². The van der Waals surface area contributed by atoms with Crippen LogP contribution in [0.4, 0.5) is 0 Å². The third-order valence-electron chi connectivity index (χ3n) is 9.36. The molecule has 0 amide bonds. The van der Waals surface area contributed by atoms with Crippen molar-refractivity contribution in [3.63, 3.8) is 0 Å². The average molecular weight is 539 g/mol. The van der Waals surface area contributed by atoms with Crippen molar-refractivity contribution >= 4 is 21.7 Å². The molecule has 0 heterocycles. The molecule has 0 radical (unpaired) electrons. The summed E-state index contributed by atoms with van der Waals surface area (Å²) in [5.41, 5.74) is 13.2. The van der Waals surface area contributed by atoms with Crippen LogP contribution in [0.2, 0.25) is 20.8 Å². The van der Waals surface area contributed by atoms with Gasteiger partial charge in [-0.3, -0.25) is 0 Å². The van der Waals surface area contributed by atoms with Gasteiger partial charge in [0.1, 0.15) is 0 Å². The summed E-state index contributed by atoms with van der Waals surface area (Å²) in [6, 6.07) is 18.9. The van der Waals surface area contributed by atoms with Crippen molar-refractivity contribution in [2.45, 2.75) is 68.6 Å². The molecule has 0 aliphatic heterocycles. The van der Waals surface area contributed by atoms with Crippen molar-refractivity contribution in [2.75, 3.05) is 0 Å². The van der Waals surface area contributed by atoms with Crippen LogP contribution < -0.4 is 0 Å². The third kappa shape index (κ3) is 2.87. The van der Waals surface area contributed by atoms with Gasteiger partial charge in [0.2, 0.25) is 0 Å². The number of hydrogen-bond acceptors (Lipinski definition) is 0. The van der Waals surface area contributed by atoms with Gasteiger partial charge in [-0.2, -0.15) is 0 Å². The summed E-state index contributed by atoms with van der Waals surface area (Å²) >= 11 is -3.34. The molecule has 0 saturated heterocycles. The summed E-state index contributed by atoms with van der Waals surface area (Å²) in [7, 11) is -1.54. The number of fused-ring (bicyclic) bond motifs is 2. The van der Waals surface area contributed by atoms with Gasteiger partial charge in [-0.15, -0.1) is 0 Å². The predicted octanol–water partition coefficient (Wildman–Crippen LogP) is 8.63. The molecule has 0 bridgehead atoms. The fraction of sp³-hybridized carbons (Fsp3) is 0.429. The zero-order valence-electron chi connectivity index (χ0n) is 20.3. The van der Waals surface area contributed by atoms with Crippen LogP contribution in [0.3, 0.4) is 0 Å². The van der Waals surface area contributed by atoms with Crippen molar-refractivity contribution in [3.05, 3.63) is 81.9 Å². The van der Waals surface area contributed by atoms with Gasteiger partial charge in [-0.05, 0) is 0 Å². The molecule has 2 atom stereocenters. The zero-order valence-corrected chi connectivity index (χ0v) is 25.1. The Morgan fingerprint density at radius 3 is 1.40 bits per heavy atom. The third-order valence-corrected chi connectivity index (χ3v) is 84.4. The maximum absolute atomic E-state index is 3.34. The second kappa shape index (κ2) is 7.74. The van der Waals surface area contributed by atoms with Crippen molar-refractivity contribution in [1.82, 2.24) is 0 Å². The Balaban J connectivity index is 2.06. The monoisotopic (exact) mass is 539 g/mol. The molecule has 2 aromatic rings. The minimum atomic E-state index is -3.34. The second-order valence-electron chi connectivity index (χ2n) is 11.0. The molecule has 2 aliphatic rings. The van der Waals surface area contributed by atoms with Gasteiger partial charge in [0, 0.05) is 0 Å². The maximum atomic E-state index is 2.89. The van der Waals surface area contributed by atoms with Crippen molar-refractivity contribution < 1.29 is 16.3 Å². The van der Waals surface area contributed by atoms with Crippen LogP contribution in [0.5, 0.6) is 0 Å². The first-order valence-corrected chi connectivity index (χ1v) is 33.1. The van der Waals surface area contributed by atoms with Gasteiger partial charge in [-0.25, -0.2) is 0 Å². The van der Waals surface area contributed by atoms with Gasteiger partial charge in [0.05, 0.1) is 0 Å². The Morgan fingerprint density at radius 2 is 1.07 bits per heavy atom. The van der Waals surface area contributed by atoms with Crippen LogP contribution in [0.1, 0.15) is 70.0 Å². The second-order valence-corrected chi connectivity index (χ2v) is 69.4. The van der Waals surface area contributed by atoms with Crippen LogP contribution in [0, 0.1) is 0 Å². The van der Waals surface area contributed by atoms with E-state index in [1.165, 1.54) is 0 Å². The Morgan fingerprint density at radius 1 is 0.700 bits per heavy atom. The molecule has 4 rings (SSSR count). The molecule has 0 saturated carbocycles. The van der Waals surface area contributed by atoms with E-state index in [4.69, 9.17) is 0 Å². The van der Waals surface area contributed by atoms with Crippen LogP contribution in [0.25, 0.3) is 11.1 Å². The predicted molar refractivity (Wildman–Crippen MR) is 135 cm³/mol. The first kappa shape index (κ1) is 22.5. The quantitative estimate of drug-likeness (QED) is 0.334. The average Bonchev–Trinajstić information content (AvgIpc) is 3.18. The van der Waals surface area contributed by atoms with Crippen molar-refractivity contribution in [3.8, 4) is 0 Å². The van der Waals surface area contributed by atoms with Crippen LogP contribution >= 0.6 is 0 Å². The Bertz CT molecular complexity index is 990. The van der Waals surface area contributed by atoms with Crippen molar-refractivity contribution in [1.29, 1.82) is 0 Å². The Kier molecular flexibility index (Phi) is 5.81. The molecular weight excluding hydrogens is 500 g/mol. The van der Waals surface area contributed by atoms with Crippen LogP contribution in [-0.4, -0.2) is 10.6 Å². The van der Waals surface area contributed by atoms with E-state index in [-0.39, 0.29) is 0 Å². The van der Waals surface area contributed by atoms with Gasteiger partial charge < -0.3 is 0 Å². The van der Waals surface area contributed by atoms with E-state index >= 15 is 0 Å². The Labute approximate surface area is 187 Å². The van der Waals surface area contributed by atoms with Gasteiger partial charge in [0.15, 0.2) is 0 Å². The van der Waals surface area contributed by atoms with E-state index in [9.17, 15) is 0 Å². The number of hydrogen-bond donors (Lipinski definition) is 0. The standard InChI is InChI=1S/2C12H13.C2H7Ge.2CH3.Zr/c2*1-3-11-9(2)8-10-6-4-5-7-12(10)11;1-3-2;;;/h2*4-8H,3H2,1-2H3;3H,1-2H3;2*1H3;. The molecule has 0 fully saturated rings. The van der Waals surface area contributed by atoms with E-state index in [1.54, 1.807) is 44.5 Å². The molecule has 2 unspecified atom stereocenters. The van der Waals surface area contributed by atoms with Crippen LogP contribution in [-0.2, 0) is 16.3 Å². The fourth-order valence-electron chi connectivity index (χ4n) is 7.41. The summed E-state index contributed by atoms with van der Waals surface area (Å²) in [6.45, 7) is 9.70. The number of allylic oxidation sites excluding steroid dienone is 4. The summed E-state index contributed by atoms with van der Waals surface area (Å²) in [5, 5.41) is 0. The fourth-order valence-corrected chi connectivity index (χ4v) is 52.3. The molecule has 159 valence electrons. The number of rotatable bonds is 5. The number of benzene rings is 2. The van der Waals surface area contributed by atoms with Crippen molar-refractivity contribution in [2.24, 2.45) is 0 Å². The SMILES string of the molecule is CCC1=C(C)[CH]([Zr]([CH3])([CH3])([CH]2C(C)=C(CC)c3ccccc32)[GeH]([CH3])[CH3])c2ccccc21. The molecule has 2 aliphatic carbocycles. The molecule has 2 aromatic carbocycles. The normalized spacial score (nSPS) is 22.4.